The van der Waals surface area contributed by atoms with Gasteiger partial charge in [0, 0.05) is 12.5 Å². The highest BCUT2D eigenvalue weighted by Crippen LogP contribution is 2.20. The van der Waals surface area contributed by atoms with Crippen LogP contribution in [0, 0.1) is 5.92 Å². The molecule has 0 fully saturated rings. The predicted molar refractivity (Wildman–Crippen MR) is 191 cm³/mol. The number of unbranched alkanes of at least 4 members (excludes halogenated alkanes) is 15. The van der Waals surface area contributed by atoms with Gasteiger partial charge in [-0.15, -0.1) is 0 Å². The normalized spacial score (nSPS) is 13.3. The molecular formula is C39H78N2O2. The summed E-state index contributed by atoms with van der Waals surface area (Å²) in [6.07, 6.45) is 37.1. The zero-order chi connectivity index (χ0) is 31.6. The van der Waals surface area contributed by atoms with Crippen molar-refractivity contribution in [1.82, 2.24) is 10.2 Å². The fourth-order valence-corrected chi connectivity index (χ4v) is 5.96. The molecule has 0 amide bonds. The summed E-state index contributed by atoms with van der Waals surface area (Å²) in [6.45, 7) is 9.73. The Morgan fingerprint density at radius 3 is 1.79 bits per heavy atom. The molecule has 0 aromatic rings. The van der Waals surface area contributed by atoms with Crippen LogP contribution in [0.2, 0.25) is 0 Å². The Bertz CT molecular complexity index is 592. The number of nitrogens with zero attached hydrogens (tertiary/aromatic N) is 1. The maximum Gasteiger partial charge on any atom is 0.305 e. The molecule has 0 aliphatic rings. The zero-order valence-corrected chi connectivity index (χ0v) is 30.1. The number of nitrogens with one attached hydrogen (secondary N) is 1. The molecule has 0 heterocycles. The average Bonchev–Trinajstić information content (AvgIpc) is 2.99. The molecule has 0 aliphatic heterocycles. The second-order valence-corrected chi connectivity index (χ2v) is 13.6. The lowest BCUT2D eigenvalue weighted by atomic mass is 9.95. The Labute approximate surface area is 271 Å². The molecule has 43 heavy (non-hydrogen) atoms. The fourth-order valence-electron chi connectivity index (χ4n) is 5.96. The lowest BCUT2D eigenvalue weighted by molar-refractivity contribution is -0.145. The van der Waals surface area contributed by atoms with E-state index in [-0.39, 0.29) is 5.97 Å². The summed E-state index contributed by atoms with van der Waals surface area (Å²) in [5.74, 6) is 0.593. The first-order chi connectivity index (χ1) is 21.0. The van der Waals surface area contributed by atoms with Crippen molar-refractivity contribution < 1.29 is 9.53 Å². The van der Waals surface area contributed by atoms with Gasteiger partial charge in [-0.2, -0.15) is 0 Å². The summed E-state index contributed by atoms with van der Waals surface area (Å²) in [5, 5.41) is 3.85. The van der Waals surface area contributed by atoms with Crippen molar-refractivity contribution >= 4 is 5.97 Å². The highest BCUT2D eigenvalue weighted by atomic mass is 16.5. The SMILES string of the molecule is CCCCC/C=C/CCCC(CCCCCCC(=O)OCC(CCCCCC)CCCCCCCC)NCCCN(C)C. The van der Waals surface area contributed by atoms with Crippen LogP contribution < -0.4 is 5.32 Å². The molecule has 0 rings (SSSR count). The van der Waals surface area contributed by atoms with Crippen LogP contribution in [-0.2, 0) is 9.53 Å². The van der Waals surface area contributed by atoms with E-state index in [0.29, 0.717) is 25.0 Å². The van der Waals surface area contributed by atoms with Crippen molar-refractivity contribution in [2.45, 2.75) is 194 Å². The van der Waals surface area contributed by atoms with Gasteiger partial charge in [-0.3, -0.25) is 4.79 Å². The Kier molecular flexibility index (Phi) is 33.3. The van der Waals surface area contributed by atoms with Crippen molar-refractivity contribution in [1.29, 1.82) is 0 Å². The minimum atomic E-state index is 0.0321. The largest absolute Gasteiger partial charge is 0.465 e. The third-order valence-electron chi connectivity index (χ3n) is 8.87. The predicted octanol–water partition coefficient (Wildman–Crippen LogP) is 11.4. The molecule has 0 bridgehead atoms. The van der Waals surface area contributed by atoms with Gasteiger partial charge in [-0.25, -0.2) is 0 Å². The maximum atomic E-state index is 12.5. The Hall–Kier alpha value is -0.870. The number of hydrogen-bond donors (Lipinski definition) is 1. The van der Waals surface area contributed by atoms with Crippen molar-refractivity contribution in [3.8, 4) is 0 Å². The van der Waals surface area contributed by atoms with E-state index in [9.17, 15) is 4.79 Å². The Morgan fingerprint density at radius 2 is 1.14 bits per heavy atom. The van der Waals surface area contributed by atoms with Crippen LogP contribution >= 0.6 is 0 Å². The van der Waals surface area contributed by atoms with Crippen molar-refractivity contribution in [3.63, 3.8) is 0 Å². The quantitative estimate of drug-likeness (QED) is 0.0449. The van der Waals surface area contributed by atoms with Gasteiger partial charge in [0.25, 0.3) is 0 Å². The number of rotatable bonds is 34. The van der Waals surface area contributed by atoms with Gasteiger partial charge in [0.15, 0.2) is 0 Å². The minimum absolute atomic E-state index is 0.0321. The summed E-state index contributed by atoms with van der Waals surface area (Å²) in [7, 11) is 4.31. The standard InChI is InChI=1S/C39H78N2O2/c1-6-9-12-15-17-18-20-25-31-38(40-34-28-35-41(4)5)32-26-21-22-27-33-39(42)43-36-37(29-23-14-11-8-3)30-24-19-16-13-10-7-2/h17-18,37-38,40H,6-16,19-36H2,1-5H3/b18-17+. The third-order valence-corrected chi connectivity index (χ3v) is 8.87. The molecule has 2 unspecified atom stereocenters. The molecular weight excluding hydrogens is 528 g/mol. The number of carbonyl (C=O) groups is 1. The van der Waals surface area contributed by atoms with Crippen molar-refractivity contribution in [3.05, 3.63) is 12.2 Å². The topological polar surface area (TPSA) is 41.6 Å². The summed E-state index contributed by atoms with van der Waals surface area (Å²) in [5.41, 5.74) is 0. The van der Waals surface area contributed by atoms with E-state index >= 15 is 0 Å². The van der Waals surface area contributed by atoms with Crippen molar-refractivity contribution in [2.24, 2.45) is 5.92 Å². The van der Waals surface area contributed by atoms with E-state index in [1.165, 1.54) is 148 Å². The van der Waals surface area contributed by atoms with Gasteiger partial charge in [0.1, 0.15) is 0 Å². The van der Waals surface area contributed by atoms with Crippen LogP contribution in [0.5, 0.6) is 0 Å². The number of carbonyl (C=O) groups excluding carboxylic acids is 1. The van der Waals surface area contributed by atoms with Crippen LogP contribution in [0.3, 0.4) is 0 Å². The van der Waals surface area contributed by atoms with Crippen LogP contribution in [0.15, 0.2) is 12.2 Å². The molecule has 0 saturated carbocycles. The third kappa shape index (κ3) is 32.3. The van der Waals surface area contributed by atoms with Gasteiger partial charge < -0.3 is 15.0 Å². The van der Waals surface area contributed by atoms with Gasteiger partial charge in [-0.1, -0.05) is 129 Å². The Balaban J connectivity index is 4.23. The van der Waals surface area contributed by atoms with Gasteiger partial charge in [0.2, 0.25) is 0 Å². The molecule has 0 spiro atoms. The molecule has 0 aromatic carbocycles. The number of esters is 1. The van der Waals surface area contributed by atoms with E-state index in [4.69, 9.17) is 4.74 Å². The first kappa shape index (κ1) is 42.1. The molecule has 4 nitrogen and oxygen atoms in total. The molecule has 0 aliphatic carbocycles. The van der Waals surface area contributed by atoms with Crippen LogP contribution in [-0.4, -0.2) is 50.7 Å². The summed E-state index contributed by atoms with van der Waals surface area (Å²) < 4.78 is 5.81. The van der Waals surface area contributed by atoms with Gasteiger partial charge >= 0.3 is 5.97 Å². The number of ether oxygens (including phenoxy) is 1. The molecule has 2 atom stereocenters. The lowest BCUT2D eigenvalue weighted by Gasteiger charge is -2.19. The molecule has 0 saturated heterocycles. The molecule has 4 heteroatoms. The van der Waals surface area contributed by atoms with Crippen LogP contribution in [0.4, 0.5) is 0 Å². The Morgan fingerprint density at radius 1 is 0.628 bits per heavy atom. The van der Waals surface area contributed by atoms with E-state index in [1.54, 1.807) is 0 Å². The van der Waals surface area contributed by atoms with Crippen molar-refractivity contribution in [2.75, 3.05) is 33.8 Å². The molecule has 1 N–H and O–H groups in total. The van der Waals surface area contributed by atoms with Gasteiger partial charge in [0.05, 0.1) is 6.61 Å². The van der Waals surface area contributed by atoms with E-state index in [2.05, 4.69) is 57.2 Å². The van der Waals surface area contributed by atoms with Gasteiger partial charge in [-0.05, 0) is 97.3 Å². The fraction of sp³-hybridized carbons (Fsp3) is 0.923. The highest BCUT2D eigenvalue weighted by Gasteiger charge is 2.13. The van der Waals surface area contributed by atoms with Crippen LogP contribution in [0.25, 0.3) is 0 Å². The van der Waals surface area contributed by atoms with E-state index in [0.717, 1.165) is 25.9 Å². The summed E-state index contributed by atoms with van der Waals surface area (Å²) in [6, 6.07) is 0.626. The van der Waals surface area contributed by atoms with E-state index < -0.39 is 0 Å². The second-order valence-electron chi connectivity index (χ2n) is 13.6. The highest BCUT2D eigenvalue weighted by molar-refractivity contribution is 5.69. The summed E-state index contributed by atoms with van der Waals surface area (Å²) >= 11 is 0. The lowest BCUT2D eigenvalue weighted by Crippen LogP contribution is -2.31. The molecule has 256 valence electrons. The monoisotopic (exact) mass is 607 g/mol. The summed E-state index contributed by atoms with van der Waals surface area (Å²) in [4.78, 5) is 14.8. The smallest absolute Gasteiger partial charge is 0.305 e. The second kappa shape index (κ2) is 34.0. The number of allylic oxidation sites excluding steroid dienone is 2. The zero-order valence-electron chi connectivity index (χ0n) is 30.1. The first-order valence-electron chi connectivity index (χ1n) is 19.2. The molecule has 0 aromatic heterocycles. The average molecular weight is 607 g/mol. The minimum Gasteiger partial charge on any atom is -0.465 e. The maximum absolute atomic E-state index is 12.5. The number of hydrogen-bond acceptors (Lipinski definition) is 4. The first-order valence-corrected chi connectivity index (χ1v) is 19.2. The molecule has 0 radical (unpaired) electrons. The van der Waals surface area contributed by atoms with Crippen LogP contribution in [0.1, 0.15) is 188 Å². The van der Waals surface area contributed by atoms with E-state index in [1.807, 2.05) is 0 Å².